The molecule has 36 heavy (non-hydrogen) atoms. The number of fused-ring (bicyclic) bond motifs is 1. The normalized spacial score (nSPS) is 17.1. The standard InChI is InChI=1S/C27H21ClN2O5S/c1-3-35-19-12-9-16(13-20(19)34-2)23-22(24(31)15-7-5-4-6-8-15)25(32)26(33)30(23)27-29-18-11-10-17(28)14-21(18)36-27/h4-14,23,31H,3H2,1-2H3/b24-22+. The number of hydrogen-bond acceptors (Lipinski definition) is 7. The minimum absolute atomic E-state index is 0.0327. The van der Waals surface area contributed by atoms with Gasteiger partial charge in [-0.15, -0.1) is 0 Å². The first kappa shape index (κ1) is 23.8. The van der Waals surface area contributed by atoms with Crippen LogP contribution in [-0.2, 0) is 9.59 Å². The van der Waals surface area contributed by atoms with Gasteiger partial charge in [-0.25, -0.2) is 4.98 Å². The second kappa shape index (κ2) is 9.64. The number of ketones is 1. The van der Waals surface area contributed by atoms with Crippen LogP contribution in [0.15, 0.2) is 72.3 Å². The first-order valence-corrected chi connectivity index (χ1v) is 12.4. The quantitative estimate of drug-likeness (QED) is 0.191. The van der Waals surface area contributed by atoms with Gasteiger partial charge in [0.15, 0.2) is 16.6 Å². The van der Waals surface area contributed by atoms with Crippen molar-refractivity contribution in [3.05, 3.63) is 88.5 Å². The van der Waals surface area contributed by atoms with E-state index in [1.165, 1.54) is 23.3 Å². The van der Waals surface area contributed by atoms with E-state index in [2.05, 4.69) is 4.98 Å². The Kier molecular flexibility index (Phi) is 6.38. The molecule has 0 saturated carbocycles. The highest BCUT2D eigenvalue weighted by Gasteiger charge is 2.48. The lowest BCUT2D eigenvalue weighted by molar-refractivity contribution is -0.132. The molecular formula is C27H21ClN2O5S. The zero-order valence-corrected chi connectivity index (χ0v) is 21.0. The van der Waals surface area contributed by atoms with Crippen LogP contribution in [0.1, 0.15) is 24.1 Å². The first-order valence-electron chi connectivity index (χ1n) is 11.2. The van der Waals surface area contributed by atoms with Crippen molar-refractivity contribution in [2.24, 2.45) is 0 Å². The molecule has 0 aliphatic carbocycles. The maximum atomic E-state index is 13.4. The van der Waals surface area contributed by atoms with E-state index in [1.807, 2.05) is 6.92 Å². The fraction of sp³-hybridized carbons (Fsp3) is 0.148. The van der Waals surface area contributed by atoms with Crippen LogP contribution in [-0.4, -0.2) is 35.5 Å². The molecule has 9 heteroatoms. The van der Waals surface area contributed by atoms with Gasteiger partial charge in [0.25, 0.3) is 5.78 Å². The summed E-state index contributed by atoms with van der Waals surface area (Å²) < 4.78 is 11.9. The van der Waals surface area contributed by atoms with E-state index in [-0.39, 0.29) is 11.3 Å². The lowest BCUT2D eigenvalue weighted by Gasteiger charge is -2.24. The molecule has 1 aliphatic rings. The molecule has 1 unspecified atom stereocenters. The van der Waals surface area contributed by atoms with Gasteiger partial charge in [-0.1, -0.05) is 59.3 Å². The molecule has 182 valence electrons. The molecule has 1 atom stereocenters. The molecule has 5 rings (SSSR count). The summed E-state index contributed by atoms with van der Waals surface area (Å²) in [5.41, 5.74) is 1.60. The number of methoxy groups -OCH3 is 1. The van der Waals surface area contributed by atoms with Gasteiger partial charge in [0, 0.05) is 10.6 Å². The van der Waals surface area contributed by atoms with Crippen molar-refractivity contribution >= 4 is 55.7 Å². The van der Waals surface area contributed by atoms with Crippen molar-refractivity contribution in [2.45, 2.75) is 13.0 Å². The summed E-state index contributed by atoms with van der Waals surface area (Å²) in [5.74, 6) is -0.880. The van der Waals surface area contributed by atoms with Crippen molar-refractivity contribution in [3.63, 3.8) is 0 Å². The third-order valence-corrected chi connectivity index (χ3v) is 7.09. The smallest absolute Gasteiger partial charge is 0.301 e. The van der Waals surface area contributed by atoms with Crippen molar-refractivity contribution in [2.75, 3.05) is 18.6 Å². The number of benzene rings is 3. The Morgan fingerprint density at radius 1 is 1.08 bits per heavy atom. The van der Waals surface area contributed by atoms with Crippen LogP contribution in [0.4, 0.5) is 5.13 Å². The fourth-order valence-corrected chi connectivity index (χ4v) is 5.48. The molecule has 0 radical (unpaired) electrons. The molecule has 7 nitrogen and oxygen atoms in total. The van der Waals surface area contributed by atoms with Crippen LogP contribution in [0.25, 0.3) is 16.0 Å². The summed E-state index contributed by atoms with van der Waals surface area (Å²) >= 11 is 7.39. The van der Waals surface area contributed by atoms with Gasteiger partial charge in [-0.05, 0) is 42.8 Å². The number of hydrogen-bond donors (Lipinski definition) is 1. The van der Waals surface area contributed by atoms with Crippen molar-refractivity contribution in [3.8, 4) is 11.5 Å². The zero-order chi connectivity index (χ0) is 25.4. The average molecular weight is 521 g/mol. The third kappa shape index (κ3) is 4.08. The molecule has 1 fully saturated rings. The number of carbonyl (C=O) groups is 2. The molecule has 1 amide bonds. The predicted molar refractivity (Wildman–Crippen MR) is 140 cm³/mol. The predicted octanol–water partition coefficient (Wildman–Crippen LogP) is 5.98. The Balaban J connectivity index is 1.73. The molecule has 1 aliphatic heterocycles. The van der Waals surface area contributed by atoms with Gasteiger partial charge in [-0.3, -0.25) is 14.5 Å². The van der Waals surface area contributed by atoms with E-state index in [1.54, 1.807) is 66.7 Å². The van der Waals surface area contributed by atoms with Crippen LogP contribution in [0.3, 0.4) is 0 Å². The fourth-order valence-electron chi connectivity index (χ4n) is 4.22. The number of aliphatic hydroxyl groups excluding tert-OH is 1. The number of aromatic nitrogens is 1. The second-order valence-corrected chi connectivity index (χ2v) is 9.43. The van der Waals surface area contributed by atoms with E-state index in [9.17, 15) is 14.7 Å². The topological polar surface area (TPSA) is 89.0 Å². The maximum Gasteiger partial charge on any atom is 0.301 e. The number of Topliss-reactive ketones (excluding diaryl/α,β-unsaturated/α-hetero) is 1. The molecule has 1 N–H and O–H groups in total. The van der Waals surface area contributed by atoms with Crippen LogP contribution in [0.5, 0.6) is 11.5 Å². The lowest BCUT2D eigenvalue weighted by atomic mass is 9.95. The van der Waals surface area contributed by atoms with Gasteiger partial charge < -0.3 is 14.6 Å². The average Bonchev–Trinajstić information content (AvgIpc) is 3.42. The second-order valence-electron chi connectivity index (χ2n) is 7.99. The number of thiazole rings is 1. The maximum absolute atomic E-state index is 13.4. The monoisotopic (exact) mass is 520 g/mol. The van der Waals surface area contributed by atoms with Crippen LogP contribution in [0, 0.1) is 0 Å². The molecule has 1 aromatic heterocycles. The van der Waals surface area contributed by atoms with E-state index in [0.717, 1.165) is 4.70 Å². The summed E-state index contributed by atoms with van der Waals surface area (Å²) in [4.78, 5) is 32.7. The van der Waals surface area contributed by atoms with Crippen molar-refractivity contribution in [1.82, 2.24) is 4.98 Å². The number of carbonyl (C=O) groups excluding carboxylic acids is 2. The van der Waals surface area contributed by atoms with Gasteiger partial charge in [0.05, 0.1) is 35.5 Å². The zero-order valence-electron chi connectivity index (χ0n) is 19.4. The van der Waals surface area contributed by atoms with E-state index in [0.29, 0.717) is 44.9 Å². The van der Waals surface area contributed by atoms with Gasteiger partial charge in [0.1, 0.15) is 5.76 Å². The highest BCUT2D eigenvalue weighted by atomic mass is 35.5. The van der Waals surface area contributed by atoms with E-state index < -0.39 is 17.7 Å². The Morgan fingerprint density at radius 2 is 1.86 bits per heavy atom. The van der Waals surface area contributed by atoms with Crippen molar-refractivity contribution < 1.29 is 24.2 Å². The Labute approximate surface area is 216 Å². The highest BCUT2D eigenvalue weighted by Crippen LogP contribution is 2.46. The van der Waals surface area contributed by atoms with Gasteiger partial charge in [0.2, 0.25) is 0 Å². The molecule has 0 spiro atoms. The number of rotatable bonds is 6. The molecule has 4 aromatic rings. The molecule has 0 bridgehead atoms. The highest BCUT2D eigenvalue weighted by molar-refractivity contribution is 7.22. The Morgan fingerprint density at radius 3 is 2.58 bits per heavy atom. The number of halogens is 1. The molecule has 2 heterocycles. The van der Waals surface area contributed by atoms with Gasteiger partial charge in [-0.2, -0.15) is 0 Å². The van der Waals surface area contributed by atoms with Crippen LogP contribution in [0.2, 0.25) is 5.02 Å². The Bertz CT molecular complexity index is 1520. The summed E-state index contributed by atoms with van der Waals surface area (Å²) in [6.07, 6.45) is 0. The lowest BCUT2D eigenvalue weighted by Crippen LogP contribution is -2.29. The largest absolute Gasteiger partial charge is 0.507 e. The number of amides is 1. The van der Waals surface area contributed by atoms with Crippen molar-refractivity contribution in [1.29, 1.82) is 0 Å². The number of ether oxygens (including phenoxy) is 2. The summed E-state index contributed by atoms with van der Waals surface area (Å²) in [7, 11) is 1.51. The molecule has 3 aromatic carbocycles. The van der Waals surface area contributed by atoms with Gasteiger partial charge >= 0.3 is 5.91 Å². The number of anilines is 1. The summed E-state index contributed by atoms with van der Waals surface area (Å²) in [5, 5.41) is 12.1. The van der Waals surface area contributed by atoms with E-state index in [4.69, 9.17) is 21.1 Å². The Hall–Kier alpha value is -3.88. The van der Waals surface area contributed by atoms with Crippen LogP contribution < -0.4 is 14.4 Å². The van der Waals surface area contributed by atoms with E-state index >= 15 is 0 Å². The summed E-state index contributed by atoms with van der Waals surface area (Å²) in [6, 6.07) is 18.1. The minimum atomic E-state index is -0.939. The molecular weight excluding hydrogens is 500 g/mol. The number of nitrogens with zero attached hydrogens (tertiary/aromatic N) is 2. The number of aliphatic hydroxyl groups is 1. The third-order valence-electron chi connectivity index (χ3n) is 5.84. The van der Waals surface area contributed by atoms with Crippen LogP contribution >= 0.6 is 22.9 Å². The first-order chi connectivity index (χ1) is 17.4. The molecule has 1 saturated heterocycles. The SMILES string of the molecule is CCOc1ccc(C2/C(=C(\O)c3ccccc3)C(=O)C(=O)N2c2nc3ccc(Cl)cc3s2)cc1OC. The minimum Gasteiger partial charge on any atom is -0.507 e. The summed E-state index contributed by atoms with van der Waals surface area (Å²) in [6.45, 7) is 2.30.